The van der Waals surface area contributed by atoms with Gasteiger partial charge in [0.25, 0.3) is 0 Å². The summed E-state index contributed by atoms with van der Waals surface area (Å²) in [5.74, 6) is 1.21. The first-order valence-corrected chi connectivity index (χ1v) is 4.80. The molecule has 0 radical (unpaired) electrons. The highest BCUT2D eigenvalue weighted by atomic mass is 35.5. The van der Waals surface area contributed by atoms with Crippen LogP contribution in [0.25, 0.3) is 0 Å². The van der Waals surface area contributed by atoms with E-state index in [1.165, 1.54) is 0 Å². The zero-order valence-corrected chi connectivity index (χ0v) is 8.60. The van der Waals surface area contributed by atoms with Crippen LogP contribution in [0.4, 0.5) is 0 Å². The van der Waals surface area contributed by atoms with Crippen molar-refractivity contribution in [3.05, 3.63) is 22.2 Å². The maximum Gasteiger partial charge on any atom is 0.180 e. The molecule has 1 aromatic carbocycles. The van der Waals surface area contributed by atoms with Crippen LogP contribution in [0.1, 0.15) is 11.1 Å². The van der Waals surface area contributed by atoms with Gasteiger partial charge in [0, 0.05) is 0 Å². The third-order valence-corrected chi connectivity index (χ3v) is 2.75. The van der Waals surface area contributed by atoms with Gasteiger partial charge in [-0.1, -0.05) is 11.6 Å². The number of halogens is 1. The molecule has 1 aromatic rings. The van der Waals surface area contributed by atoms with Crippen LogP contribution in [0.3, 0.4) is 0 Å². The molecule has 1 N–H and O–H groups in total. The minimum Gasteiger partial charge on any atom is -0.486 e. The van der Waals surface area contributed by atoms with Gasteiger partial charge in [0.15, 0.2) is 11.5 Å². The van der Waals surface area contributed by atoms with E-state index in [0.717, 1.165) is 11.1 Å². The van der Waals surface area contributed by atoms with Gasteiger partial charge in [-0.05, 0) is 24.1 Å². The number of hydrogen-bond acceptors (Lipinski definition) is 3. The van der Waals surface area contributed by atoms with Crippen LogP contribution in [0.5, 0.6) is 11.5 Å². The minimum atomic E-state index is -0.0395. The van der Waals surface area contributed by atoms with Crippen molar-refractivity contribution < 1.29 is 14.6 Å². The number of ether oxygens (including phenoxy) is 2. The van der Waals surface area contributed by atoms with Gasteiger partial charge >= 0.3 is 0 Å². The van der Waals surface area contributed by atoms with Crippen LogP contribution in [0, 0.1) is 6.92 Å². The van der Waals surface area contributed by atoms with Crippen molar-refractivity contribution in [2.24, 2.45) is 0 Å². The molecule has 1 heterocycles. The van der Waals surface area contributed by atoms with Gasteiger partial charge in [-0.3, -0.25) is 0 Å². The number of rotatable bonds is 1. The van der Waals surface area contributed by atoms with E-state index >= 15 is 0 Å². The van der Waals surface area contributed by atoms with Crippen molar-refractivity contribution in [2.75, 3.05) is 13.2 Å². The van der Waals surface area contributed by atoms with Crippen LogP contribution in [-0.2, 0) is 6.61 Å². The summed E-state index contributed by atoms with van der Waals surface area (Å²) in [5, 5.41) is 9.62. The average molecular weight is 215 g/mol. The Kier molecular flexibility index (Phi) is 2.52. The van der Waals surface area contributed by atoms with Crippen molar-refractivity contribution in [3.8, 4) is 11.5 Å². The van der Waals surface area contributed by atoms with E-state index in [2.05, 4.69) is 0 Å². The van der Waals surface area contributed by atoms with Gasteiger partial charge in [0.1, 0.15) is 13.2 Å². The molecule has 0 bridgehead atoms. The number of benzene rings is 1. The summed E-state index contributed by atoms with van der Waals surface area (Å²) < 4.78 is 10.8. The Balaban J connectivity index is 2.57. The Morgan fingerprint density at radius 1 is 1.43 bits per heavy atom. The second kappa shape index (κ2) is 3.67. The lowest BCUT2D eigenvalue weighted by Gasteiger charge is -2.21. The highest BCUT2D eigenvalue weighted by Gasteiger charge is 2.19. The Bertz CT molecular complexity index is 363. The SMILES string of the molecule is Cc1c(CO)cc2c(c1Cl)OCCO2. The second-order valence-corrected chi connectivity index (χ2v) is 3.53. The molecule has 1 aliphatic rings. The van der Waals surface area contributed by atoms with E-state index in [0.29, 0.717) is 29.7 Å². The summed E-state index contributed by atoms with van der Waals surface area (Å²) in [6.45, 7) is 2.86. The lowest BCUT2D eigenvalue weighted by molar-refractivity contribution is 0.170. The predicted octanol–water partition coefficient (Wildman–Crippen LogP) is 1.91. The van der Waals surface area contributed by atoms with Crippen LogP contribution >= 0.6 is 11.6 Å². The molecule has 0 saturated heterocycles. The van der Waals surface area contributed by atoms with E-state index < -0.39 is 0 Å². The summed E-state index contributed by atoms with van der Waals surface area (Å²) in [6, 6.07) is 1.77. The normalized spacial score (nSPS) is 14.2. The van der Waals surface area contributed by atoms with E-state index in [9.17, 15) is 0 Å². The minimum absolute atomic E-state index is 0.0395. The summed E-state index contributed by atoms with van der Waals surface area (Å²) in [5.41, 5.74) is 1.62. The maximum absolute atomic E-state index is 9.09. The van der Waals surface area contributed by atoms with Gasteiger partial charge in [0.2, 0.25) is 0 Å². The molecule has 0 fully saturated rings. The average Bonchev–Trinajstić information content (AvgIpc) is 2.23. The molecule has 2 rings (SSSR count). The standard InChI is InChI=1S/C10H11ClO3/c1-6-7(5-12)4-8-10(9(6)11)14-3-2-13-8/h4,12H,2-3,5H2,1H3. The smallest absolute Gasteiger partial charge is 0.180 e. The van der Waals surface area contributed by atoms with Crippen LogP contribution in [0.15, 0.2) is 6.07 Å². The third kappa shape index (κ3) is 1.42. The number of hydrogen-bond donors (Lipinski definition) is 1. The lowest BCUT2D eigenvalue weighted by Crippen LogP contribution is -2.16. The molecular weight excluding hydrogens is 204 g/mol. The predicted molar refractivity (Wildman–Crippen MR) is 53.1 cm³/mol. The van der Waals surface area contributed by atoms with E-state index in [1.54, 1.807) is 6.07 Å². The monoisotopic (exact) mass is 214 g/mol. The van der Waals surface area contributed by atoms with Crippen LogP contribution in [0.2, 0.25) is 5.02 Å². The van der Waals surface area contributed by atoms with Gasteiger partial charge < -0.3 is 14.6 Å². The largest absolute Gasteiger partial charge is 0.486 e. The Morgan fingerprint density at radius 2 is 2.14 bits per heavy atom. The van der Waals surface area contributed by atoms with E-state index in [1.807, 2.05) is 6.92 Å². The Labute approximate surface area is 87.2 Å². The lowest BCUT2D eigenvalue weighted by atomic mass is 10.1. The zero-order chi connectivity index (χ0) is 10.1. The van der Waals surface area contributed by atoms with Gasteiger partial charge in [0.05, 0.1) is 11.6 Å². The van der Waals surface area contributed by atoms with Gasteiger partial charge in [-0.15, -0.1) is 0 Å². The van der Waals surface area contributed by atoms with Crippen LogP contribution < -0.4 is 9.47 Å². The van der Waals surface area contributed by atoms with Gasteiger partial charge in [-0.2, -0.15) is 0 Å². The van der Waals surface area contributed by atoms with Gasteiger partial charge in [-0.25, -0.2) is 0 Å². The molecule has 0 aromatic heterocycles. The van der Waals surface area contributed by atoms with E-state index in [-0.39, 0.29) is 6.61 Å². The fourth-order valence-electron chi connectivity index (χ4n) is 1.45. The molecule has 0 spiro atoms. The summed E-state index contributed by atoms with van der Waals surface area (Å²) in [4.78, 5) is 0. The van der Waals surface area contributed by atoms with Crippen molar-refractivity contribution in [3.63, 3.8) is 0 Å². The fraction of sp³-hybridized carbons (Fsp3) is 0.400. The van der Waals surface area contributed by atoms with Crippen molar-refractivity contribution in [1.29, 1.82) is 0 Å². The van der Waals surface area contributed by atoms with E-state index in [4.69, 9.17) is 26.2 Å². The molecule has 0 atom stereocenters. The number of aliphatic hydroxyl groups is 1. The first kappa shape index (κ1) is 9.62. The molecule has 14 heavy (non-hydrogen) atoms. The van der Waals surface area contributed by atoms with Crippen molar-refractivity contribution in [2.45, 2.75) is 13.5 Å². The maximum atomic E-state index is 9.09. The number of aliphatic hydroxyl groups excluding tert-OH is 1. The second-order valence-electron chi connectivity index (χ2n) is 3.16. The van der Waals surface area contributed by atoms with Crippen molar-refractivity contribution in [1.82, 2.24) is 0 Å². The molecule has 3 nitrogen and oxygen atoms in total. The topological polar surface area (TPSA) is 38.7 Å². The molecule has 4 heteroatoms. The van der Waals surface area contributed by atoms with Crippen molar-refractivity contribution >= 4 is 11.6 Å². The quantitative estimate of drug-likeness (QED) is 0.776. The Hall–Kier alpha value is -0.930. The fourth-order valence-corrected chi connectivity index (χ4v) is 1.72. The first-order chi connectivity index (χ1) is 6.74. The highest BCUT2D eigenvalue weighted by Crippen LogP contribution is 2.40. The molecule has 76 valence electrons. The number of fused-ring (bicyclic) bond motifs is 1. The highest BCUT2D eigenvalue weighted by molar-refractivity contribution is 6.33. The first-order valence-electron chi connectivity index (χ1n) is 4.42. The van der Waals surface area contributed by atoms with Crippen LogP contribution in [-0.4, -0.2) is 18.3 Å². The molecule has 0 saturated carbocycles. The molecule has 1 aliphatic heterocycles. The summed E-state index contributed by atoms with van der Waals surface area (Å²) in [7, 11) is 0. The molecule has 0 unspecified atom stereocenters. The summed E-state index contributed by atoms with van der Waals surface area (Å²) >= 11 is 6.08. The zero-order valence-electron chi connectivity index (χ0n) is 7.84. The molecule has 0 aliphatic carbocycles. The Morgan fingerprint density at radius 3 is 2.86 bits per heavy atom. The third-order valence-electron chi connectivity index (χ3n) is 2.30. The summed E-state index contributed by atoms with van der Waals surface area (Å²) in [6.07, 6.45) is 0. The molecular formula is C10H11ClO3. The molecule has 0 amide bonds.